The van der Waals surface area contributed by atoms with E-state index in [-0.39, 0.29) is 18.1 Å². The van der Waals surface area contributed by atoms with Crippen LogP contribution in [-0.4, -0.2) is 43.2 Å². The van der Waals surface area contributed by atoms with Crippen LogP contribution in [0.3, 0.4) is 0 Å². The van der Waals surface area contributed by atoms with Crippen molar-refractivity contribution in [1.29, 1.82) is 0 Å². The summed E-state index contributed by atoms with van der Waals surface area (Å²) >= 11 is 0. The highest BCUT2D eigenvalue weighted by Gasteiger charge is 2.32. The van der Waals surface area contributed by atoms with Crippen molar-refractivity contribution in [1.82, 2.24) is 4.90 Å². The summed E-state index contributed by atoms with van der Waals surface area (Å²) in [4.78, 5) is 14.1. The van der Waals surface area contributed by atoms with Gasteiger partial charge in [-0.3, -0.25) is 4.79 Å². The number of likely N-dealkylation sites (N-methyl/N-ethyl adjacent to an activating group) is 1. The van der Waals surface area contributed by atoms with E-state index in [0.29, 0.717) is 12.5 Å². The molecule has 2 aliphatic rings. The minimum absolute atomic E-state index is 0.0852. The fourth-order valence-corrected chi connectivity index (χ4v) is 3.15. The van der Waals surface area contributed by atoms with E-state index in [0.717, 1.165) is 19.4 Å². The summed E-state index contributed by atoms with van der Waals surface area (Å²) in [5.41, 5.74) is 5.57. The lowest BCUT2D eigenvalue weighted by molar-refractivity contribution is -0.142. The van der Waals surface area contributed by atoms with Gasteiger partial charge in [-0.25, -0.2) is 0 Å². The average Bonchev–Trinajstić information content (AvgIpc) is 2.87. The van der Waals surface area contributed by atoms with E-state index in [1.807, 2.05) is 11.9 Å². The Morgan fingerprint density at radius 2 is 1.94 bits per heavy atom. The van der Waals surface area contributed by atoms with Crippen molar-refractivity contribution < 1.29 is 9.53 Å². The molecule has 0 radical (unpaired) electrons. The van der Waals surface area contributed by atoms with Gasteiger partial charge in [-0.05, 0) is 31.6 Å². The first kappa shape index (κ1) is 13.8. The summed E-state index contributed by atoms with van der Waals surface area (Å²) in [6.07, 6.45) is 8.14. The molecule has 2 atom stereocenters. The van der Waals surface area contributed by atoms with E-state index in [2.05, 4.69) is 0 Å². The predicted octanol–water partition coefficient (Wildman–Crippen LogP) is 1.53. The zero-order valence-electron chi connectivity index (χ0n) is 11.4. The molecular weight excluding hydrogens is 228 g/mol. The Hall–Kier alpha value is -0.610. The fourth-order valence-electron chi connectivity index (χ4n) is 3.15. The van der Waals surface area contributed by atoms with Gasteiger partial charge in [-0.15, -0.1) is 0 Å². The normalized spacial score (nSPS) is 29.4. The molecule has 18 heavy (non-hydrogen) atoms. The molecule has 0 aromatic carbocycles. The van der Waals surface area contributed by atoms with E-state index < -0.39 is 0 Å². The van der Waals surface area contributed by atoms with Crippen LogP contribution in [0.5, 0.6) is 0 Å². The monoisotopic (exact) mass is 254 g/mol. The minimum Gasteiger partial charge on any atom is -0.364 e. The van der Waals surface area contributed by atoms with E-state index in [9.17, 15) is 4.79 Å². The van der Waals surface area contributed by atoms with E-state index in [1.54, 1.807) is 0 Å². The van der Waals surface area contributed by atoms with Gasteiger partial charge in [0.2, 0.25) is 0 Å². The quantitative estimate of drug-likeness (QED) is 0.828. The van der Waals surface area contributed by atoms with Crippen LogP contribution < -0.4 is 5.73 Å². The topological polar surface area (TPSA) is 55.6 Å². The molecule has 1 saturated heterocycles. The second-order valence-electron chi connectivity index (χ2n) is 5.78. The Morgan fingerprint density at radius 1 is 1.22 bits per heavy atom. The van der Waals surface area contributed by atoms with Crippen molar-refractivity contribution in [2.24, 2.45) is 11.7 Å². The molecule has 104 valence electrons. The van der Waals surface area contributed by atoms with Crippen molar-refractivity contribution in [3.05, 3.63) is 0 Å². The van der Waals surface area contributed by atoms with Crippen molar-refractivity contribution in [3.8, 4) is 0 Å². The summed E-state index contributed by atoms with van der Waals surface area (Å²) in [5, 5.41) is 0. The largest absolute Gasteiger partial charge is 0.364 e. The molecule has 4 heteroatoms. The lowest BCUT2D eigenvalue weighted by atomic mass is 9.89. The molecule has 1 aliphatic heterocycles. The molecule has 4 nitrogen and oxygen atoms in total. The van der Waals surface area contributed by atoms with Crippen LogP contribution in [0.2, 0.25) is 0 Å². The van der Waals surface area contributed by atoms with Crippen LogP contribution >= 0.6 is 0 Å². The van der Waals surface area contributed by atoms with Gasteiger partial charge in [0.15, 0.2) is 0 Å². The first-order chi connectivity index (χ1) is 8.70. The summed E-state index contributed by atoms with van der Waals surface area (Å²) in [5.74, 6) is 0.843. The van der Waals surface area contributed by atoms with Gasteiger partial charge in [0, 0.05) is 20.1 Å². The second-order valence-corrected chi connectivity index (χ2v) is 5.78. The van der Waals surface area contributed by atoms with Gasteiger partial charge in [-0.1, -0.05) is 19.3 Å². The first-order valence-corrected chi connectivity index (χ1v) is 7.31. The SMILES string of the molecule is CN(CC1CCCCC1)C(=O)C1CCC(CN)O1. The van der Waals surface area contributed by atoms with Crippen LogP contribution in [0.4, 0.5) is 0 Å². The molecule has 2 rings (SSSR count). The molecule has 0 bridgehead atoms. The minimum atomic E-state index is -0.243. The van der Waals surface area contributed by atoms with Crippen LogP contribution in [0.1, 0.15) is 44.9 Å². The number of nitrogens with zero attached hydrogens (tertiary/aromatic N) is 1. The van der Waals surface area contributed by atoms with Crippen molar-refractivity contribution in [2.75, 3.05) is 20.1 Å². The number of rotatable bonds is 4. The highest BCUT2D eigenvalue weighted by atomic mass is 16.5. The summed E-state index contributed by atoms with van der Waals surface area (Å²) in [6.45, 7) is 1.42. The van der Waals surface area contributed by atoms with Gasteiger partial charge in [0.25, 0.3) is 5.91 Å². The molecule has 1 aliphatic carbocycles. The molecule has 1 amide bonds. The molecule has 2 fully saturated rings. The number of ether oxygens (including phenoxy) is 1. The third kappa shape index (κ3) is 3.45. The fraction of sp³-hybridized carbons (Fsp3) is 0.929. The molecule has 0 spiro atoms. The van der Waals surface area contributed by atoms with Crippen LogP contribution in [0.25, 0.3) is 0 Å². The summed E-state index contributed by atoms with van der Waals surface area (Å²) in [6, 6.07) is 0. The van der Waals surface area contributed by atoms with E-state index >= 15 is 0 Å². The third-order valence-corrected chi connectivity index (χ3v) is 4.28. The summed E-state index contributed by atoms with van der Waals surface area (Å²) < 4.78 is 5.67. The van der Waals surface area contributed by atoms with Gasteiger partial charge in [-0.2, -0.15) is 0 Å². The number of nitrogens with two attached hydrogens (primary N) is 1. The molecule has 2 N–H and O–H groups in total. The number of hydrogen-bond acceptors (Lipinski definition) is 3. The number of carbonyl (C=O) groups excluding carboxylic acids is 1. The van der Waals surface area contributed by atoms with E-state index in [4.69, 9.17) is 10.5 Å². The number of carbonyl (C=O) groups is 1. The van der Waals surface area contributed by atoms with Crippen molar-refractivity contribution >= 4 is 5.91 Å². The standard InChI is InChI=1S/C14H26N2O2/c1-16(10-11-5-3-2-4-6-11)14(17)13-8-7-12(9-15)18-13/h11-13H,2-10,15H2,1H3. The highest BCUT2D eigenvalue weighted by molar-refractivity contribution is 5.81. The number of amides is 1. The molecule has 0 aromatic rings. The van der Waals surface area contributed by atoms with E-state index in [1.165, 1.54) is 32.1 Å². The maximum absolute atomic E-state index is 12.2. The van der Waals surface area contributed by atoms with Crippen molar-refractivity contribution in [3.63, 3.8) is 0 Å². The third-order valence-electron chi connectivity index (χ3n) is 4.28. The summed E-state index contributed by atoms with van der Waals surface area (Å²) in [7, 11) is 1.91. The average molecular weight is 254 g/mol. The molecule has 0 aromatic heterocycles. The lowest BCUT2D eigenvalue weighted by Crippen LogP contribution is -2.40. The first-order valence-electron chi connectivity index (χ1n) is 7.31. The Labute approximate surface area is 110 Å². The second kappa shape index (κ2) is 6.53. The molecule has 2 unspecified atom stereocenters. The Morgan fingerprint density at radius 3 is 2.56 bits per heavy atom. The maximum atomic E-state index is 12.2. The van der Waals surface area contributed by atoms with Gasteiger partial charge >= 0.3 is 0 Å². The Kier molecular flexibility index (Phi) is 5.01. The molecule has 1 heterocycles. The van der Waals surface area contributed by atoms with Gasteiger partial charge in [0.05, 0.1) is 6.10 Å². The Bertz CT molecular complexity index is 277. The zero-order chi connectivity index (χ0) is 13.0. The van der Waals surface area contributed by atoms with Crippen LogP contribution in [0.15, 0.2) is 0 Å². The smallest absolute Gasteiger partial charge is 0.251 e. The van der Waals surface area contributed by atoms with Gasteiger partial charge < -0.3 is 15.4 Å². The molecular formula is C14H26N2O2. The predicted molar refractivity (Wildman–Crippen MR) is 71.2 cm³/mol. The van der Waals surface area contributed by atoms with Crippen LogP contribution in [-0.2, 0) is 9.53 Å². The van der Waals surface area contributed by atoms with Gasteiger partial charge in [0.1, 0.15) is 6.10 Å². The molecule has 1 saturated carbocycles. The lowest BCUT2D eigenvalue weighted by Gasteiger charge is -2.28. The Balaban J connectivity index is 1.77. The van der Waals surface area contributed by atoms with Crippen molar-refractivity contribution in [2.45, 2.75) is 57.2 Å². The zero-order valence-corrected chi connectivity index (χ0v) is 11.4. The number of hydrogen-bond donors (Lipinski definition) is 1. The highest BCUT2D eigenvalue weighted by Crippen LogP contribution is 2.25. The maximum Gasteiger partial charge on any atom is 0.251 e. The van der Waals surface area contributed by atoms with Crippen LogP contribution in [0, 0.1) is 5.92 Å².